The average molecular weight is 403 g/mol. The van der Waals surface area contributed by atoms with Gasteiger partial charge in [0.25, 0.3) is 0 Å². The topological polar surface area (TPSA) is 75.6 Å². The number of carboxylic acids is 1. The van der Waals surface area contributed by atoms with E-state index < -0.39 is 5.97 Å². The van der Waals surface area contributed by atoms with Crippen LogP contribution in [0.25, 0.3) is 21.9 Å². The molecule has 4 rings (SSSR count). The Labute approximate surface area is 175 Å². The van der Waals surface area contributed by atoms with Gasteiger partial charge < -0.3 is 15.2 Å². The Balaban J connectivity index is 1.67. The lowest BCUT2D eigenvalue weighted by Gasteiger charge is -2.24. The lowest BCUT2D eigenvalue weighted by atomic mass is 9.85. The maximum Gasteiger partial charge on any atom is 0.335 e. The minimum Gasteiger partial charge on any atom is -0.497 e. The highest BCUT2D eigenvalue weighted by molar-refractivity contribution is 5.93. The van der Waals surface area contributed by atoms with Gasteiger partial charge in [-0.3, -0.25) is 4.79 Å². The molecule has 0 atom stereocenters. The van der Waals surface area contributed by atoms with E-state index in [2.05, 4.69) is 17.4 Å². The predicted octanol–water partition coefficient (Wildman–Crippen LogP) is 4.67. The lowest BCUT2D eigenvalue weighted by Crippen LogP contribution is -2.35. The van der Waals surface area contributed by atoms with Crippen molar-refractivity contribution in [3.8, 4) is 16.9 Å². The van der Waals surface area contributed by atoms with Crippen molar-refractivity contribution in [3.05, 3.63) is 65.7 Å². The molecule has 0 saturated heterocycles. The van der Waals surface area contributed by atoms with Crippen LogP contribution in [0.1, 0.15) is 35.2 Å². The van der Waals surface area contributed by atoms with Crippen molar-refractivity contribution in [1.82, 2.24) is 5.32 Å². The van der Waals surface area contributed by atoms with Crippen molar-refractivity contribution in [3.63, 3.8) is 0 Å². The van der Waals surface area contributed by atoms with Gasteiger partial charge in [0.05, 0.1) is 12.7 Å². The maximum atomic E-state index is 12.2. The number of methoxy groups -OCH3 is 1. The van der Waals surface area contributed by atoms with E-state index >= 15 is 0 Å². The summed E-state index contributed by atoms with van der Waals surface area (Å²) in [6, 6.07) is 17.0. The Hall–Kier alpha value is -3.34. The number of nitrogens with one attached hydrogen (secondary N) is 1. The first-order valence-corrected chi connectivity index (χ1v) is 10.3. The van der Waals surface area contributed by atoms with Gasteiger partial charge in [0.1, 0.15) is 5.75 Å². The fourth-order valence-electron chi connectivity index (χ4n) is 3.88. The number of hydrogen-bond acceptors (Lipinski definition) is 3. The molecule has 1 aliphatic carbocycles. The summed E-state index contributed by atoms with van der Waals surface area (Å²) in [6.45, 7) is 0.570. The maximum absolute atomic E-state index is 12.2. The van der Waals surface area contributed by atoms with E-state index in [0.29, 0.717) is 13.0 Å². The molecule has 0 aliphatic heterocycles. The first-order valence-electron chi connectivity index (χ1n) is 10.3. The van der Waals surface area contributed by atoms with Crippen LogP contribution in [0.5, 0.6) is 5.75 Å². The normalized spacial score (nSPS) is 13.6. The number of hydrogen-bond donors (Lipinski definition) is 2. The van der Waals surface area contributed by atoms with Crippen LogP contribution in [0.3, 0.4) is 0 Å². The van der Waals surface area contributed by atoms with Gasteiger partial charge in [-0.1, -0.05) is 30.7 Å². The summed E-state index contributed by atoms with van der Waals surface area (Å²) in [5.74, 6) is 0.157. The molecule has 2 N–H and O–H groups in total. The van der Waals surface area contributed by atoms with Crippen LogP contribution < -0.4 is 10.1 Å². The zero-order chi connectivity index (χ0) is 21.1. The van der Waals surface area contributed by atoms with Gasteiger partial charge in [-0.2, -0.15) is 0 Å². The average Bonchev–Trinajstić information content (AvgIpc) is 2.72. The van der Waals surface area contributed by atoms with Gasteiger partial charge in [0.2, 0.25) is 5.91 Å². The molecule has 1 fully saturated rings. The molecule has 154 valence electrons. The smallest absolute Gasteiger partial charge is 0.335 e. The first kappa shape index (κ1) is 20.0. The highest BCUT2D eigenvalue weighted by Gasteiger charge is 2.24. The van der Waals surface area contributed by atoms with Crippen LogP contribution in [-0.2, 0) is 11.2 Å². The molecular formula is C25H25NO4. The summed E-state index contributed by atoms with van der Waals surface area (Å²) in [5, 5.41) is 14.5. The van der Waals surface area contributed by atoms with Crippen LogP contribution in [0.4, 0.5) is 0 Å². The molecule has 3 aromatic carbocycles. The van der Waals surface area contributed by atoms with Gasteiger partial charge in [-0.05, 0) is 77.1 Å². The van der Waals surface area contributed by atoms with Crippen molar-refractivity contribution in [2.24, 2.45) is 5.92 Å². The molecule has 0 spiro atoms. The second-order valence-electron chi connectivity index (χ2n) is 7.78. The Bertz CT molecular complexity index is 1100. The summed E-state index contributed by atoms with van der Waals surface area (Å²) in [5.41, 5.74) is 3.16. The Morgan fingerprint density at radius 2 is 1.90 bits per heavy atom. The number of ether oxygens (including phenoxy) is 1. The van der Waals surface area contributed by atoms with Crippen LogP contribution in [0.2, 0.25) is 0 Å². The van der Waals surface area contributed by atoms with E-state index in [1.165, 1.54) is 0 Å². The molecule has 0 unspecified atom stereocenters. The van der Waals surface area contributed by atoms with Crippen molar-refractivity contribution in [2.45, 2.75) is 25.7 Å². The molecule has 30 heavy (non-hydrogen) atoms. The number of rotatable bonds is 7. The molecule has 0 aromatic heterocycles. The van der Waals surface area contributed by atoms with Crippen molar-refractivity contribution in [2.75, 3.05) is 13.7 Å². The number of aromatic carboxylic acids is 1. The third-order valence-corrected chi connectivity index (χ3v) is 5.86. The first-order chi connectivity index (χ1) is 14.5. The summed E-state index contributed by atoms with van der Waals surface area (Å²) in [6.07, 6.45) is 3.80. The van der Waals surface area contributed by atoms with E-state index in [1.54, 1.807) is 25.3 Å². The standard InChI is InChI=1S/C25H25NO4/c1-30-22-9-8-18-13-21(17-6-3-7-20(12-17)25(28)29)14-19(23(18)15-22)10-11-26-24(27)16-4-2-5-16/h3,6-9,12-16H,2,4-5,10-11H2,1H3,(H,26,27)(H,28,29). The summed E-state index contributed by atoms with van der Waals surface area (Å²) >= 11 is 0. The van der Waals surface area contributed by atoms with Gasteiger partial charge >= 0.3 is 5.97 Å². The van der Waals surface area contributed by atoms with Gasteiger partial charge in [0, 0.05) is 12.5 Å². The van der Waals surface area contributed by atoms with E-state index in [4.69, 9.17) is 4.74 Å². The number of amides is 1. The van der Waals surface area contributed by atoms with Crippen molar-refractivity contribution < 1.29 is 19.4 Å². The number of carboxylic acid groups (broad SMARTS) is 1. The molecule has 5 heteroatoms. The molecule has 5 nitrogen and oxygen atoms in total. The number of carbonyl (C=O) groups is 2. The molecule has 1 amide bonds. The monoisotopic (exact) mass is 403 g/mol. The van der Waals surface area contributed by atoms with E-state index in [-0.39, 0.29) is 17.4 Å². The Kier molecular flexibility index (Phi) is 5.70. The van der Waals surface area contributed by atoms with E-state index in [1.807, 2.05) is 24.3 Å². The number of benzene rings is 3. The minimum atomic E-state index is -0.943. The minimum absolute atomic E-state index is 0.147. The van der Waals surface area contributed by atoms with Crippen LogP contribution in [-0.4, -0.2) is 30.6 Å². The Morgan fingerprint density at radius 3 is 2.60 bits per heavy atom. The molecule has 0 heterocycles. The summed E-state index contributed by atoms with van der Waals surface area (Å²) < 4.78 is 5.40. The molecular weight excluding hydrogens is 378 g/mol. The van der Waals surface area contributed by atoms with Crippen molar-refractivity contribution >= 4 is 22.6 Å². The predicted molar refractivity (Wildman–Crippen MR) is 117 cm³/mol. The third kappa shape index (κ3) is 4.15. The largest absolute Gasteiger partial charge is 0.497 e. The SMILES string of the molecule is COc1ccc2cc(-c3cccc(C(=O)O)c3)cc(CCNC(=O)C3CCC3)c2c1. The lowest BCUT2D eigenvalue weighted by molar-refractivity contribution is -0.127. The summed E-state index contributed by atoms with van der Waals surface area (Å²) in [7, 11) is 1.64. The van der Waals surface area contributed by atoms with Crippen LogP contribution in [0.15, 0.2) is 54.6 Å². The van der Waals surface area contributed by atoms with E-state index in [9.17, 15) is 14.7 Å². The Morgan fingerprint density at radius 1 is 1.07 bits per heavy atom. The van der Waals surface area contributed by atoms with Crippen molar-refractivity contribution in [1.29, 1.82) is 0 Å². The fraction of sp³-hybridized carbons (Fsp3) is 0.280. The van der Waals surface area contributed by atoms with Crippen LogP contribution >= 0.6 is 0 Å². The highest BCUT2D eigenvalue weighted by atomic mass is 16.5. The third-order valence-electron chi connectivity index (χ3n) is 5.86. The molecule has 0 bridgehead atoms. The number of carbonyl (C=O) groups excluding carboxylic acids is 1. The highest BCUT2D eigenvalue weighted by Crippen LogP contribution is 2.31. The molecule has 1 aliphatic rings. The molecule has 0 radical (unpaired) electrons. The number of fused-ring (bicyclic) bond motifs is 1. The fourth-order valence-corrected chi connectivity index (χ4v) is 3.88. The molecule has 1 saturated carbocycles. The molecule has 3 aromatic rings. The zero-order valence-corrected chi connectivity index (χ0v) is 17.0. The zero-order valence-electron chi connectivity index (χ0n) is 17.0. The van der Waals surface area contributed by atoms with Gasteiger partial charge in [0.15, 0.2) is 0 Å². The second-order valence-corrected chi connectivity index (χ2v) is 7.78. The summed E-state index contributed by atoms with van der Waals surface area (Å²) in [4.78, 5) is 23.6. The van der Waals surface area contributed by atoms with Gasteiger partial charge in [-0.15, -0.1) is 0 Å². The second kappa shape index (κ2) is 8.57. The van der Waals surface area contributed by atoms with E-state index in [0.717, 1.165) is 52.5 Å². The van der Waals surface area contributed by atoms with Crippen LogP contribution in [0, 0.1) is 5.92 Å². The van der Waals surface area contributed by atoms with Gasteiger partial charge in [-0.25, -0.2) is 4.79 Å². The quantitative estimate of drug-likeness (QED) is 0.601.